The Bertz CT molecular complexity index is 1130. The molecule has 0 aliphatic carbocycles. The molecule has 2 amide bonds. The first-order chi connectivity index (χ1) is 14.4. The van der Waals surface area contributed by atoms with Crippen LogP contribution in [0.25, 0.3) is 0 Å². The van der Waals surface area contributed by atoms with Crippen LogP contribution in [0.15, 0.2) is 72.8 Å². The number of rotatable bonds is 3. The topological polar surface area (TPSA) is 92.5 Å². The van der Waals surface area contributed by atoms with E-state index in [0.717, 1.165) is 0 Å². The van der Waals surface area contributed by atoms with Crippen molar-refractivity contribution in [3.05, 3.63) is 105 Å². The highest BCUT2D eigenvalue weighted by molar-refractivity contribution is 6.01. The predicted molar refractivity (Wildman–Crippen MR) is 107 cm³/mol. The highest BCUT2D eigenvalue weighted by Crippen LogP contribution is 2.37. The van der Waals surface area contributed by atoms with Gasteiger partial charge in [-0.2, -0.15) is 0 Å². The van der Waals surface area contributed by atoms with E-state index in [1.165, 1.54) is 47.4 Å². The Morgan fingerprint density at radius 1 is 1.07 bits per heavy atom. The Morgan fingerprint density at radius 2 is 1.77 bits per heavy atom. The van der Waals surface area contributed by atoms with Gasteiger partial charge in [0.15, 0.2) is 0 Å². The lowest BCUT2D eigenvalue weighted by atomic mass is 9.95. The maximum Gasteiger partial charge on any atom is 0.269 e. The fraction of sp³-hybridized carbons (Fsp3) is 0.0909. The molecular weight excluding hydrogens is 389 g/mol. The summed E-state index contributed by atoms with van der Waals surface area (Å²) in [4.78, 5) is 37.5. The van der Waals surface area contributed by atoms with Crippen LogP contribution in [0.1, 0.15) is 27.5 Å². The summed E-state index contributed by atoms with van der Waals surface area (Å²) in [6.07, 6.45) is 0. The van der Waals surface area contributed by atoms with Crippen molar-refractivity contribution in [2.45, 2.75) is 6.04 Å². The average molecular weight is 405 g/mol. The molecule has 3 aromatic rings. The monoisotopic (exact) mass is 405 g/mol. The zero-order valence-electron chi connectivity index (χ0n) is 15.6. The quantitative estimate of drug-likeness (QED) is 0.528. The van der Waals surface area contributed by atoms with E-state index in [-0.39, 0.29) is 17.8 Å². The Morgan fingerprint density at radius 3 is 2.43 bits per heavy atom. The zero-order chi connectivity index (χ0) is 21.3. The molecule has 0 bridgehead atoms. The molecule has 150 valence electrons. The third kappa shape index (κ3) is 3.62. The molecule has 1 heterocycles. The van der Waals surface area contributed by atoms with Gasteiger partial charge in [0.1, 0.15) is 12.4 Å². The van der Waals surface area contributed by atoms with Crippen LogP contribution in [0.2, 0.25) is 0 Å². The summed E-state index contributed by atoms with van der Waals surface area (Å²) in [5.74, 6) is -1.41. The fourth-order valence-corrected chi connectivity index (χ4v) is 3.55. The second-order valence-corrected chi connectivity index (χ2v) is 6.83. The number of benzene rings is 3. The SMILES string of the molecule is O=C1CN(C(=O)c2ccc([N+](=O)[O-])cc2)C(c2ccccc2)c2cc(F)ccc2N1. The Hall–Kier alpha value is -4.07. The van der Waals surface area contributed by atoms with Gasteiger partial charge in [-0.3, -0.25) is 19.7 Å². The van der Waals surface area contributed by atoms with Gasteiger partial charge in [0, 0.05) is 28.9 Å². The van der Waals surface area contributed by atoms with Crippen molar-refractivity contribution in [1.29, 1.82) is 0 Å². The molecule has 1 unspecified atom stereocenters. The molecule has 1 atom stereocenters. The van der Waals surface area contributed by atoms with Crippen molar-refractivity contribution < 1.29 is 18.9 Å². The Labute approximate surface area is 170 Å². The molecule has 0 fully saturated rings. The standard InChI is InChI=1S/C22H16FN3O4/c23-16-8-11-19-18(12-16)21(14-4-2-1-3-5-14)25(13-20(27)24-19)22(28)15-6-9-17(10-7-15)26(29)30/h1-12,21H,13H2,(H,24,27). The summed E-state index contributed by atoms with van der Waals surface area (Å²) in [6.45, 7) is -0.258. The highest BCUT2D eigenvalue weighted by Gasteiger charge is 2.34. The number of carbonyl (C=O) groups excluding carboxylic acids is 2. The van der Waals surface area contributed by atoms with Crippen molar-refractivity contribution in [3.8, 4) is 0 Å². The molecule has 0 spiro atoms. The van der Waals surface area contributed by atoms with Gasteiger partial charge < -0.3 is 10.2 Å². The van der Waals surface area contributed by atoms with E-state index in [1.54, 1.807) is 24.3 Å². The molecule has 1 aliphatic heterocycles. The lowest BCUT2D eigenvalue weighted by Crippen LogP contribution is -2.39. The Kier molecular flexibility index (Phi) is 4.97. The van der Waals surface area contributed by atoms with Crippen molar-refractivity contribution >= 4 is 23.2 Å². The number of anilines is 1. The lowest BCUT2D eigenvalue weighted by Gasteiger charge is -2.30. The number of halogens is 1. The fourth-order valence-electron chi connectivity index (χ4n) is 3.55. The molecule has 0 radical (unpaired) electrons. The van der Waals surface area contributed by atoms with Crippen LogP contribution in [-0.4, -0.2) is 28.2 Å². The summed E-state index contributed by atoms with van der Waals surface area (Å²) in [6, 6.07) is 17.4. The van der Waals surface area contributed by atoms with Gasteiger partial charge in [-0.1, -0.05) is 30.3 Å². The van der Waals surface area contributed by atoms with Crippen molar-refractivity contribution in [2.24, 2.45) is 0 Å². The smallest absolute Gasteiger partial charge is 0.269 e. The molecule has 4 rings (SSSR count). The molecule has 1 aliphatic rings. The largest absolute Gasteiger partial charge is 0.324 e. The molecule has 3 aromatic carbocycles. The molecule has 7 nitrogen and oxygen atoms in total. The molecular formula is C22H16FN3O4. The molecule has 0 saturated heterocycles. The number of amides is 2. The van der Waals surface area contributed by atoms with Gasteiger partial charge in [-0.05, 0) is 35.9 Å². The first kappa shape index (κ1) is 19.3. The number of nitrogens with one attached hydrogen (secondary N) is 1. The van der Waals surface area contributed by atoms with E-state index >= 15 is 0 Å². The van der Waals surface area contributed by atoms with Crippen molar-refractivity contribution in [2.75, 3.05) is 11.9 Å². The minimum absolute atomic E-state index is 0.146. The van der Waals surface area contributed by atoms with Crippen LogP contribution in [0.5, 0.6) is 0 Å². The normalized spacial score (nSPS) is 15.7. The number of carbonyl (C=O) groups is 2. The number of hydrogen-bond donors (Lipinski definition) is 1. The zero-order valence-corrected chi connectivity index (χ0v) is 15.6. The van der Waals surface area contributed by atoms with Gasteiger partial charge in [0.2, 0.25) is 5.91 Å². The molecule has 8 heteroatoms. The van der Waals surface area contributed by atoms with Gasteiger partial charge >= 0.3 is 0 Å². The van der Waals surface area contributed by atoms with E-state index in [9.17, 15) is 24.1 Å². The first-order valence-electron chi connectivity index (χ1n) is 9.14. The van der Waals surface area contributed by atoms with Crippen molar-refractivity contribution in [1.82, 2.24) is 4.90 Å². The van der Waals surface area contributed by atoms with E-state index < -0.39 is 28.6 Å². The van der Waals surface area contributed by atoms with E-state index in [1.807, 2.05) is 6.07 Å². The molecule has 0 aromatic heterocycles. The highest BCUT2D eigenvalue weighted by atomic mass is 19.1. The first-order valence-corrected chi connectivity index (χ1v) is 9.14. The second-order valence-electron chi connectivity index (χ2n) is 6.83. The van der Waals surface area contributed by atoms with Crippen LogP contribution < -0.4 is 5.32 Å². The van der Waals surface area contributed by atoms with Gasteiger partial charge in [-0.25, -0.2) is 4.39 Å². The number of nitro groups is 1. The van der Waals surface area contributed by atoms with E-state index in [4.69, 9.17) is 0 Å². The molecule has 1 N–H and O–H groups in total. The number of nitrogens with zero attached hydrogens (tertiary/aromatic N) is 2. The van der Waals surface area contributed by atoms with Gasteiger partial charge in [-0.15, -0.1) is 0 Å². The summed E-state index contributed by atoms with van der Waals surface area (Å²) in [7, 11) is 0. The summed E-state index contributed by atoms with van der Waals surface area (Å²) >= 11 is 0. The maximum absolute atomic E-state index is 14.1. The summed E-state index contributed by atoms with van der Waals surface area (Å²) < 4.78 is 14.1. The number of non-ortho nitro benzene ring substituents is 1. The van der Waals surface area contributed by atoms with Crippen molar-refractivity contribution in [3.63, 3.8) is 0 Å². The van der Waals surface area contributed by atoms with E-state index in [2.05, 4.69) is 5.32 Å². The predicted octanol–water partition coefficient (Wildman–Crippen LogP) is 3.92. The van der Waals surface area contributed by atoms with Crippen LogP contribution in [0.3, 0.4) is 0 Å². The Balaban J connectivity index is 1.84. The van der Waals surface area contributed by atoms with E-state index in [0.29, 0.717) is 16.8 Å². The average Bonchev–Trinajstić information content (AvgIpc) is 2.89. The van der Waals surface area contributed by atoms with Gasteiger partial charge in [0.05, 0.1) is 11.0 Å². The lowest BCUT2D eigenvalue weighted by molar-refractivity contribution is -0.384. The minimum atomic E-state index is -0.724. The maximum atomic E-state index is 14.1. The summed E-state index contributed by atoms with van der Waals surface area (Å²) in [5.41, 5.74) is 1.62. The van der Waals surface area contributed by atoms with Crippen LogP contribution in [-0.2, 0) is 4.79 Å². The molecule has 30 heavy (non-hydrogen) atoms. The number of nitro benzene ring substituents is 1. The van der Waals surface area contributed by atoms with Gasteiger partial charge in [0.25, 0.3) is 11.6 Å². The molecule has 0 saturated carbocycles. The number of hydrogen-bond acceptors (Lipinski definition) is 4. The second kappa shape index (κ2) is 7.75. The van der Waals surface area contributed by atoms with Crippen LogP contribution in [0.4, 0.5) is 15.8 Å². The van der Waals surface area contributed by atoms with Crippen LogP contribution >= 0.6 is 0 Å². The third-order valence-corrected chi connectivity index (χ3v) is 4.91. The number of fused-ring (bicyclic) bond motifs is 1. The summed E-state index contributed by atoms with van der Waals surface area (Å²) in [5, 5.41) is 13.6. The minimum Gasteiger partial charge on any atom is -0.324 e. The van der Waals surface area contributed by atoms with Crippen LogP contribution in [0, 0.1) is 15.9 Å². The third-order valence-electron chi connectivity index (χ3n) is 4.91.